The van der Waals surface area contributed by atoms with Gasteiger partial charge >= 0.3 is 6.18 Å². The second kappa shape index (κ2) is 14.6. The quantitative estimate of drug-likeness (QED) is 0.197. The lowest BCUT2D eigenvalue weighted by molar-refractivity contribution is -0.132. The second-order valence-corrected chi connectivity index (χ2v) is 12.2. The van der Waals surface area contributed by atoms with E-state index in [0.29, 0.717) is 55.9 Å². The summed E-state index contributed by atoms with van der Waals surface area (Å²) in [6.07, 6.45) is 4.02. The number of hydrogen-bond acceptors (Lipinski definition) is 5. The number of rotatable bonds is 12. The van der Waals surface area contributed by atoms with Crippen molar-refractivity contribution in [3.63, 3.8) is 0 Å². The number of halogens is 3. The average molecular weight is 589 g/mol. The Morgan fingerprint density at radius 3 is 2.50 bits per heavy atom. The number of benzene rings is 1. The zero-order valence-corrected chi connectivity index (χ0v) is 25.9. The van der Waals surface area contributed by atoms with Crippen molar-refractivity contribution in [2.24, 2.45) is 33.7 Å². The molecule has 4 unspecified atom stereocenters. The molecule has 0 bridgehead atoms. The first-order valence-electron chi connectivity index (χ1n) is 15.3. The van der Waals surface area contributed by atoms with E-state index in [9.17, 15) is 23.1 Å². The fourth-order valence-electron chi connectivity index (χ4n) is 6.38. The fraction of sp³-hybridized carbons (Fsp3) is 0.618. The zero-order chi connectivity index (χ0) is 31.1. The Balaban J connectivity index is 1.73. The summed E-state index contributed by atoms with van der Waals surface area (Å²) in [6.45, 7) is 9.33. The molecule has 4 atom stereocenters. The third kappa shape index (κ3) is 8.65. The number of Topliss-reactive ketones (excluding diaryl/α,β-unsaturated/α-hetero) is 1. The van der Waals surface area contributed by atoms with Gasteiger partial charge in [0.25, 0.3) is 0 Å². The molecular weight excluding hydrogens is 541 g/mol. The molecule has 1 heterocycles. The number of aliphatic imine (C=N–C) groups is 2. The summed E-state index contributed by atoms with van der Waals surface area (Å²) < 4.78 is 48.0. The van der Waals surface area contributed by atoms with Gasteiger partial charge in [0.1, 0.15) is 5.76 Å². The smallest absolute Gasteiger partial charge is 0.449 e. The first kappa shape index (κ1) is 33.8. The molecule has 1 fully saturated rings. The molecule has 1 N–H and O–H groups in total. The number of carbonyl (C=O) groups is 1. The van der Waals surface area contributed by atoms with E-state index in [1.165, 1.54) is 13.8 Å². The molecule has 42 heavy (non-hydrogen) atoms. The maximum absolute atomic E-state index is 14.1. The molecule has 1 aromatic carbocycles. The maximum atomic E-state index is 14.1. The third-order valence-electron chi connectivity index (χ3n) is 8.76. The molecule has 0 aromatic heterocycles. The van der Waals surface area contributed by atoms with E-state index in [2.05, 4.69) is 23.8 Å². The van der Waals surface area contributed by atoms with E-state index in [0.717, 1.165) is 30.5 Å². The summed E-state index contributed by atoms with van der Waals surface area (Å²) in [5.74, 6) is -0.778. The number of carbonyl (C=O) groups excluding carboxylic acids is 1. The first-order chi connectivity index (χ1) is 19.8. The van der Waals surface area contributed by atoms with E-state index in [1.807, 2.05) is 31.2 Å². The van der Waals surface area contributed by atoms with E-state index in [4.69, 9.17) is 4.74 Å². The summed E-state index contributed by atoms with van der Waals surface area (Å²) >= 11 is 0. The standard InChI is InChI=1S/C34H47F3N2O3/c1-7-23-21-30(42-32(34(35,36)37)31(23)33(4,5)41)26-14-13-22(3)24(19-26)15-16-29(40)28-12-10-9-11-25(28)20-27(8-2)39-18-17-38-6/h9-12,17,21-24,26,41H,7-8,13-16,18-20H2,1-6H3. The molecular formula is C34H47F3N2O3. The van der Waals surface area contributed by atoms with Crippen molar-refractivity contribution in [1.29, 1.82) is 0 Å². The monoisotopic (exact) mass is 588 g/mol. The molecule has 1 aliphatic heterocycles. The summed E-state index contributed by atoms with van der Waals surface area (Å²) in [4.78, 5) is 22.0. The van der Waals surface area contributed by atoms with Gasteiger partial charge in [0.05, 0.1) is 12.1 Å². The van der Waals surface area contributed by atoms with Crippen molar-refractivity contribution in [2.75, 3.05) is 13.6 Å². The number of ketones is 1. The molecule has 1 aliphatic carbocycles. The molecule has 0 spiro atoms. The maximum Gasteiger partial charge on any atom is 0.449 e. The van der Waals surface area contributed by atoms with Crippen LogP contribution in [-0.2, 0) is 11.2 Å². The topological polar surface area (TPSA) is 71.2 Å². The molecule has 3 rings (SSSR count). The molecule has 5 nitrogen and oxygen atoms in total. The van der Waals surface area contributed by atoms with Crippen LogP contribution in [0.3, 0.4) is 0 Å². The second-order valence-electron chi connectivity index (χ2n) is 12.2. The van der Waals surface area contributed by atoms with Crippen molar-refractivity contribution in [2.45, 2.75) is 97.8 Å². The lowest BCUT2D eigenvalue weighted by Gasteiger charge is -2.39. The largest absolute Gasteiger partial charge is 0.456 e. The van der Waals surface area contributed by atoms with Gasteiger partial charge in [0.15, 0.2) is 5.78 Å². The number of alkyl halides is 3. The zero-order valence-electron chi connectivity index (χ0n) is 25.9. The van der Waals surface area contributed by atoms with Crippen LogP contribution in [0.4, 0.5) is 13.2 Å². The Labute approximate surface area is 249 Å². The minimum Gasteiger partial charge on any atom is -0.456 e. The highest BCUT2D eigenvalue weighted by molar-refractivity contribution is 5.99. The van der Waals surface area contributed by atoms with Gasteiger partial charge in [-0.15, -0.1) is 0 Å². The minimum absolute atomic E-state index is 0.0850. The summed E-state index contributed by atoms with van der Waals surface area (Å²) in [5.41, 5.74) is 0.935. The number of hydrogen-bond donors (Lipinski definition) is 1. The van der Waals surface area contributed by atoms with Gasteiger partial charge in [0.2, 0.25) is 5.76 Å². The van der Waals surface area contributed by atoms with Gasteiger partial charge in [-0.25, -0.2) is 0 Å². The van der Waals surface area contributed by atoms with Crippen LogP contribution in [0.25, 0.3) is 0 Å². The highest BCUT2D eigenvalue weighted by Gasteiger charge is 2.47. The van der Waals surface area contributed by atoms with Crippen molar-refractivity contribution in [3.05, 3.63) is 58.6 Å². The first-order valence-corrected chi connectivity index (χ1v) is 15.3. The summed E-state index contributed by atoms with van der Waals surface area (Å²) in [6, 6.07) is 7.68. The number of ether oxygens (including phenoxy) is 1. The summed E-state index contributed by atoms with van der Waals surface area (Å²) in [5, 5.41) is 10.6. The molecule has 2 aliphatic rings. The van der Waals surface area contributed by atoms with Crippen molar-refractivity contribution >= 4 is 17.7 Å². The number of nitrogens with zero attached hydrogens (tertiary/aromatic N) is 2. The van der Waals surface area contributed by atoms with Crippen LogP contribution >= 0.6 is 0 Å². The van der Waals surface area contributed by atoms with Gasteiger partial charge in [-0.3, -0.25) is 14.8 Å². The molecule has 1 aromatic rings. The molecule has 8 heteroatoms. The highest BCUT2D eigenvalue weighted by atomic mass is 19.4. The van der Waals surface area contributed by atoms with Crippen LogP contribution in [0.1, 0.15) is 95.5 Å². The van der Waals surface area contributed by atoms with Crippen LogP contribution < -0.4 is 0 Å². The summed E-state index contributed by atoms with van der Waals surface area (Å²) in [7, 11) is 1.72. The molecule has 0 amide bonds. The SMILES string of the molecule is CCC(Cc1ccccc1C(=O)CCC1CC(C2=CC(CC)C(C(C)(C)O)=C(C(F)(F)F)O2)CCC1C)=NCC=NC. The van der Waals surface area contributed by atoms with Gasteiger partial charge in [-0.2, -0.15) is 13.2 Å². The highest BCUT2D eigenvalue weighted by Crippen LogP contribution is 2.47. The van der Waals surface area contributed by atoms with Crippen molar-refractivity contribution in [1.82, 2.24) is 0 Å². The fourth-order valence-corrected chi connectivity index (χ4v) is 6.38. The van der Waals surface area contributed by atoms with E-state index >= 15 is 0 Å². The Morgan fingerprint density at radius 1 is 1.17 bits per heavy atom. The number of aliphatic hydroxyl groups is 1. The van der Waals surface area contributed by atoms with Crippen molar-refractivity contribution < 1.29 is 27.8 Å². The van der Waals surface area contributed by atoms with Gasteiger partial charge in [-0.05, 0) is 75.8 Å². The van der Waals surface area contributed by atoms with Gasteiger partial charge < -0.3 is 9.84 Å². The predicted octanol–water partition coefficient (Wildman–Crippen LogP) is 8.32. The van der Waals surface area contributed by atoms with Crippen LogP contribution in [0.15, 0.2) is 57.4 Å². The minimum atomic E-state index is -4.70. The average Bonchev–Trinajstić information content (AvgIpc) is 2.94. The number of allylic oxidation sites excluding steroid dienone is 3. The lowest BCUT2D eigenvalue weighted by Crippen LogP contribution is -2.36. The Morgan fingerprint density at radius 2 is 1.88 bits per heavy atom. The molecule has 0 saturated heterocycles. The molecule has 232 valence electrons. The van der Waals surface area contributed by atoms with Gasteiger partial charge in [-0.1, -0.05) is 45.0 Å². The van der Waals surface area contributed by atoms with Gasteiger partial charge in [0, 0.05) is 54.8 Å². The van der Waals surface area contributed by atoms with Crippen LogP contribution in [0.5, 0.6) is 0 Å². The lowest BCUT2D eigenvalue weighted by atomic mass is 9.71. The van der Waals surface area contributed by atoms with Crippen LogP contribution in [0, 0.1) is 23.7 Å². The predicted molar refractivity (Wildman–Crippen MR) is 163 cm³/mol. The van der Waals surface area contributed by atoms with E-state index in [1.54, 1.807) is 19.3 Å². The Hall–Kier alpha value is -2.74. The van der Waals surface area contributed by atoms with E-state index in [-0.39, 0.29) is 23.2 Å². The normalized spacial score (nSPS) is 24.1. The third-order valence-corrected chi connectivity index (χ3v) is 8.76. The molecule has 0 radical (unpaired) electrons. The Bertz CT molecular complexity index is 1210. The van der Waals surface area contributed by atoms with Crippen LogP contribution in [0.2, 0.25) is 0 Å². The van der Waals surface area contributed by atoms with Crippen LogP contribution in [-0.4, -0.2) is 48.2 Å². The molecule has 1 saturated carbocycles. The van der Waals surface area contributed by atoms with Crippen molar-refractivity contribution in [3.8, 4) is 0 Å². The van der Waals surface area contributed by atoms with E-state index < -0.39 is 23.5 Å². The Kier molecular flexibility index (Phi) is 11.8.